The molecule has 0 fully saturated rings. The summed E-state index contributed by atoms with van der Waals surface area (Å²) < 4.78 is 5.15. The number of amides is 1. The van der Waals surface area contributed by atoms with Crippen molar-refractivity contribution < 1.29 is 9.53 Å². The molecular formula is C12H18ClN3O2. The zero-order valence-electron chi connectivity index (χ0n) is 10.7. The minimum absolute atomic E-state index is 0.446. The fraction of sp³-hybridized carbons (Fsp3) is 0.417. The van der Waals surface area contributed by atoms with Crippen molar-refractivity contribution in [3.63, 3.8) is 0 Å². The molecule has 0 radical (unpaired) electrons. The van der Waals surface area contributed by atoms with E-state index < -0.39 is 11.7 Å². The van der Waals surface area contributed by atoms with Crippen LogP contribution in [0.4, 0.5) is 10.5 Å². The molecule has 0 spiro atoms. The highest BCUT2D eigenvalue weighted by Crippen LogP contribution is 2.23. The van der Waals surface area contributed by atoms with E-state index in [0.29, 0.717) is 17.3 Å². The van der Waals surface area contributed by atoms with E-state index >= 15 is 0 Å². The summed E-state index contributed by atoms with van der Waals surface area (Å²) in [6, 6.07) is 5.26. The molecule has 0 aliphatic rings. The Hall–Kier alpha value is -1.30. The lowest BCUT2D eigenvalue weighted by Gasteiger charge is -2.20. The highest BCUT2D eigenvalue weighted by atomic mass is 35.5. The number of hydrogen-bond acceptors (Lipinski definition) is 4. The van der Waals surface area contributed by atoms with Gasteiger partial charge in [-0.15, -0.1) is 0 Å². The summed E-state index contributed by atoms with van der Waals surface area (Å²) in [5.41, 5.74) is 3.40. The third-order valence-electron chi connectivity index (χ3n) is 1.97. The Balaban J connectivity index is 2.77. The molecule has 0 unspecified atom stereocenters. The zero-order chi connectivity index (χ0) is 13.8. The van der Waals surface area contributed by atoms with Crippen molar-refractivity contribution in [2.75, 3.05) is 5.32 Å². The summed E-state index contributed by atoms with van der Waals surface area (Å²) in [5, 5.41) is 3.05. The van der Waals surface area contributed by atoms with Crippen LogP contribution >= 0.6 is 11.6 Å². The maximum absolute atomic E-state index is 11.6. The number of carbonyl (C=O) groups excluding carboxylic acids is 1. The van der Waals surface area contributed by atoms with Gasteiger partial charge in [0.1, 0.15) is 5.60 Å². The Morgan fingerprint density at radius 2 is 2.11 bits per heavy atom. The van der Waals surface area contributed by atoms with E-state index in [-0.39, 0.29) is 0 Å². The van der Waals surface area contributed by atoms with Crippen LogP contribution in [0.15, 0.2) is 18.2 Å². The maximum Gasteiger partial charge on any atom is 0.412 e. The minimum atomic E-state index is -0.549. The highest BCUT2D eigenvalue weighted by Gasteiger charge is 2.17. The van der Waals surface area contributed by atoms with Crippen molar-refractivity contribution in [3.8, 4) is 0 Å². The molecule has 0 heterocycles. The molecule has 0 saturated carbocycles. The number of ether oxygens (including phenoxy) is 1. The highest BCUT2D eigenvalue weighted by molar-refractivity contribution is 6.33. The summed E-state index contributed by atoms with van der Waals surface area (Å²) in [5.74, 6) is 5.24. The van der Waals surface area contributed by atoms with Gasteiger partial charge in [0.25, 0.3) is 0 Å². The van der Waals surface area contributed by atoms with Gasteiger partial charge in [-0.3, -0.25) is 16.6 Å². The first kappa shape index (κ1) is 14.8. The maximum atomic E-state index is 11.6. The number of hydrazine groups is 1. The van der Waals surface area contributed by atoms with Gasteiger partial charge < -0.3 is 4.74 Å². The van der Waals surface area contributed by atoms with Gasteiger partial charge >= 0.3 is 6.09 Å². The Kier molecular flexibility index (Phi) is 4.95. The predicted octanol–water partition coefficient (Wildman–Crippen LogP) is 2.65. The SMILES string of the molecule is CC(C)(C)OC(=O)Nc1cc(CNN)ccc1Cl. The molecule has 6 heteroatoms. The Labute approximate surface area is 112 Å². The summed E-state index contributed by atoms with van der Waals surface area (Å²) in [6.07, 6.45) is -0.540. The molecule has 1 aromatic carbocycles. The lowest BCUT2D eigenvalue weighted by molar-refractivity contribution is 0.0636. The lowest BCUT2D eigenvalue weighted by atomic mass is 10.2. The molecule has 1 aromatic rings. The van der Waals surface area contributed by atoms with Crippen molar-refractivity contribution in [2.24, 2.45) is 5.84 Å². The molecule has 5 nitrogen and oxygen atoms in total. The van der Waals surface area contributed by atoms with Gasteiger partial charge in [0.2, 0.25) is 0 Å². The van der Waals surface area contributed by atoms with Gasteiger partial charge in [-0.25, -0.2) is 4.79 Å². The third kappa shape index (κ3) is 4.91. The summed E-state index contributed by atoms with van der Waals surface area (Å²) in [7, 11) is 0. The molecule has 0 atom stereocenters. The molecule has 100 valence electrons. The van der Waals surface area contributed by atoms with Crippen molar-refractivity contribution in [1.29, 1.82) is 0 Å². The molecule has 4 N–H and O–H groups in total. The van der Waals surface area contributed by atoms with Crippen molar-refractivity contribution in [1.82, 2.24) is 5.43 Å². The molecule has 0 saturated heterocycles. The summed E-state index contributed by atoms with van der Waals surface area (Å²) in [6.45, 7) is 5.87. The standard InChI is InChI=1S/C12H18ClN3O2/c1-12(2,3)18-11(17)16-10-6-8(7-15-14)4-5-9(10)13/h4-6,15H,7,14H2,1-3H3,(H,16,17). The molecule has 18 heavy (non-hydrogen) atoms. The van der Waals surface area contributed by atoms with Crippen molar-refractivity contribution in [3.05, 3.63) is 28.8 Å². The Morgan fingerprint density at radius 3 is 2.67 bits per heavy atom. The Morgan fingerprint density at radius 1 is 1.44 bits per heavy atom. The normalized spacial score (nSPS) is 11.2. The third-order valence-corrected chi connectivity index (χ3v) is 2.30. The van der Waals surface area contributed by atoms with Crippen LogP contribution in [0.25, 0.3) is 0 Å². The zero-order valence-corrected chi connectivity index (χ0v) is 11.5. The largest absolute Gasteiger partial charge is 0.444 e. The quantitative estimate of drug-likeness (QED) is 0.583. The number of nitrogens with two attached hydrogens (primary N) is 1. The smallest absolute Gasteiger partial charge is 0.412 e. The molecule has 1 rings (SSSR count). The van der Waals surface area contributed by atoms with Gasteiger partial charge in [0.15, 0.2) is 0 Å². The molecule has 0 aliphatic carbocycles. The van der Waals surface area contributed by atoms with Crippen LogP contribution in [-0.4, -0.2) is 11.7 Å². The van der Waals surface area contributed by atoms with Gasteiger partial charge in [-0.05, 0) is 38.5 Å². The van der Waals surface area contributed by atoms with Gasteiger partial charge in [-0.2, -0.15) is 0 Å². The molecule has 0 aromatic heterocycles. The number of rotatable bonds is 3. The molecule has 1 amide bonds. The second-order valence-electron chi connectivity index (χ2n) is 4.82. The van der Waals surface area contributed by atoms with Crippen molar-refractivity contribution >= 4 is 23.4 Å². The van der Waals surface area contributed by atoms with E-state index in [1.165, 1.54) is 0 Å². The summed E-state index contributed by atoms with van der Waals surface area (Å²) >= 11 is 5.99. The fourth-order valence-electron chi connectivity index (χ4n) is 1.31. The van der Waals surface area contributed by atoms with Gasteiger partial charge in [0.05, 0.1) is 10.7 Å². The van der Waals surface area contributed by atoms with E-state index in [4.69, 9.17) is 22.2 Å². The van der Waals surface area contributed by atoms with E-state index in [0.717, 1.165) is 5.56 Å². The summed E-state index contributed by atoms with van der Waals surface area (Å²) in [4.78, 5) is 11.6. The topological polar surface area (TPSA) is 76.4 Å². The van der Waals surface area contributed by atoms with E-state index in [2.05, 4.69) is 10.7 Å². The monoisotopic (exact) mass is 271 g/mol. The van der Waals surface area contributed by atoms with E-state index in [9.17, 15) is 4.79 Å². The van der Waals surface area contributed by atoms with Crippen LogP contribution in [0.5, 0.6) is 0 Å². The van der Waals surface area contributed by atoms with Crippen LogP contribution in [0.2, 0.25) is 5.02 Å². The molecule has 0 bridgehead atoms. The van der Waals surface area contributed by atoms with Gasteiger partial charge in [-0.1, -0.05) is 17.7 Å². The minimum Gasteiger partial charge on any atom is -0.444 e. The first-order valence-corrected chi connectivity index (χ1v) is 5.91. The lowest BCUT2D eigenvalue weighted by Crippen LogP contribution is -2.27. The predicted molar refractivity (Wildman–Crippen MR) is 72.3 cm³/mol. The number of nitrogens with one attached hydrogen (secondary N) is 2. The second kappa shape index (κ2) is 6.04. The number of hydrogen-bond donors (Lipinski definition) is 3. The average Bonchev–Trinajstić information content (AvgIpc) is 2.20. The van der Waals surface area contributed by atoms with Crippen molar-refractivity contribution in [2.45, 2.75) is 32.9 Å². The number of halogens is 1. The molecule has 0 aliphatic heterocycles. The average molecular weight is 272 g/mol. The van der Waals surface area contributed by atoms with E-state index in [1.54, 1.807) is 32.9 Å². The fourth-order valence-corrected chi connectivity index (χ4v) is 1.47. The second-order valence-corrected chi connectivity index (χ2v) is 5.23. The Bertz CT molecular complexity index is 430. The van der Waals surface area contributed by atoms with Crippen LogP contribution in [0, 0.1) is 0 Å². The number of carbonyl (C=O) groups is 1. The number of anilines is 1. The molecular weight excluding hydrogens is 254 g/mol. The number of benzene rings is 1. The first-order chi connectivity index (χ1) is 8.31. The van der Waals surface area contributed by atoms with Crippen LogP contribution in [0.1, 0.15) is 26.3 Å². The van der Waals surface area contributed by atoms with Crippen LogP contribution in [0.3, 0.4) is 0 Å². The van der Waals surface area contributed by atoms with Crippen LogP contribution in [-0.2, 0) is 11.3 Å². The van der Waals surface area contributed by atoms with E-state index in [1.807, 2.05) is 6.07 Å². The van der Waals surface area contributed by atoms with Gasteiger partial charge in [0, 0.05) is 6.54 Å². The van der Waals surface area contributed by atoms with Crippen LogP contribution < -0.4 is 16.6 Å². The first-order valence-electron chi connectivity index (χ1n) is 5.54.